The number of carbonyl (C=O) groups excluding carboxylic acids is 2. The summed E-state index contributed by atoms with van der Waals surface area (Å²) in [6, 6.07) is 10.3. The zero-order valence-electron chi connectivity index (χ0n) is 13.6. The number of nitrogens with zero attached hydrogens (tertiary/aromatic N) is 2. The summed E-state index contributed by atoms with van der Waals surface area (Å²) >= 11 is 0. The maximum atomic E-state index is 12.3. The summed E-state index contributed by atoms with van der Waals surface area (Å²) in [6.07, 6.45) is 0. The van der Waals surface area contributed by atoms with Gasteiger partial charge < -0.3 is 10.7 Å². The molecule has 1 heterocycles. The number of anilines is 4. The second-order valence-electron chi connectivity index (χ2n) is 5.34. The lowest BCUT2D eigenvalue weighted by Crippen LogP contribution is -2.48. The topological polar surface area (TPSA) is 141 Å². The van der Waals surface area contributed by atoms with E-state index in [0.717, 1.165) is 5.01 Å². The number of amides is 3. The third-order valence-electron chi connectivity index (χ3n) is 3.46. The van der Waals surface area contributed by atoms with Crippen LogP contribution in [0.2, 0.25) is 0 Å². The summed E-state index contributed by atoms with van der Waals surface area (Å²) in [5.74, 6) is -0.175. The van der Waals surface area contributed by atoms with Crippen molar-refractivity contribution in [2.75, 3.05) is 21.2 Å². The molecule has 5 N–H and O–H groups in total. The Hall–Kier alpha value is -3.86. The van der Waals surface area contributed by atoms with E-state index in [9.17, 15) is 19.7 Å². The Labute approximate surface area is 147 Å². The number of fused-ring (bicyclic) bond motifs is 1. The molecule has 2 aromatic carbocycles. The Morgan fingerprint density at radius 1 is 1.12 bits per heavy atom. The van der Waals surface area contributed by atoms with E-state index in [1.165, 1.54) is 25.1 Å². The number of nitro groups is 1. The monoisotopic (exact) mass is 357 g/mol. The number of hydrogen-bond donors (Lipinski definition) is 5. The molecule has 0 atom stereocenters. The zero-order valence-corrected chi connectivity index (χ0v) is 13.6. The molecule has 0 unspecified atom stereocenters. The van der Waals surface area contributed by atoms with Gasteiger partial charge in [0.15, 0.2) is 0 Å². The molecule has 0 bridgehead atoms. The minimum atomic E-state index is -0.531. The molecule has 0 spiro atoms. The van der Waals surface area contributed by atoms with Crippen LogP contribution in [-0.4, -0.2) is 16.9 Å². The van der Waals surface area contributed by atoms with E-state index in [2.05, 4.69) is 27.1 Å². The van der Waals surface area contributed by atoms with Crippen molar-refractivity contribution in [2.45, 2.75) is 6.92 Å². The predicted octanol–water partition coefficient (Wildman–Crippen LogP) is 1.94. The third kappa shape index (κ3) is 3.62. The van der Waals surface area contributed by atoms with Crippen molar-refractivity contribution in [3.63, 3.8) is 0 Å². The average Bonchev–Trinajstić information content (AvgIpc) is 3.03. The second kappa shape index (κ2) is 6.94. The van der Waals surface area contributed by atoms with Crippen LogP contribution in [-0.2, 0) is 4.79 Å². The van der Waals surface area contributed by atoms with E-state index in [1.807, 2.05) is 0 Å². The Morgan fingerprint density at radius 2 is 1.81 bits per heavy atom. The van der Waals surface area contributed by atoms with Crippen LogP contribution in [0.5, 0.6) is 0 Å². The largest absolute Gasteiger partial charge is 0.356 e. The van der Waals surface area contributed by atoms with Crippen molar-refractivity contribution < 1.29 is 14.5 Å². The van der Waals surface area contributed by atoms with E-state index >= 15 is 0 Å². The quantitative estimate of drug-likeness (QED) is 0.416. The predicted molar refractivity (Wildman–Crippen MR) is 95.2 cm³/mol. The number of nitrogens with one attached hydrogen (secondary N) is 5. The summed E-state index contributed by atoms with van der Waals surface area (Å²) in [4.78, 5) is 33.5. The highest BCUT2D eigenvalue weighted by atomic mass is 16.6. The second-order valence-corrected chi connectivity index (χ2v) is 5.34. The molecule has 11 heteroatoms. The van der Waals surface area contributed by atoms with Crippen molar-refractivity contribution in [1.29, 1.82) is 0 Å². The molecule has 1 aliphatic rings. The van der Waals surface area contributed by atoms with Crippen molar-refractivity contribution in [2.24, 2.45) is 0 Å². The van der Waals surface area contributed by atoms with Gasteiger partial charge in [-0.05, 0) is 30.3 Å². The number of nitro benzene ring substituents is 1. The molecule has 11 nitrogen and oxygen atoms in total. The van der Waals surface area contributed by atoms with Crippen LogP contribution in [0.15, 0.2) is 42.5 Å². The summed E-state index contributed by atoms with van der Waals surface area (Å²) in [7, 11) is 0. The lowest BCUT2D eigenvalue weighted by molar-refractivity contribution is -0.384. The summed E-state index contributed by atoms with van der Waals surface area (Å²) < 4.78 is 0. The van der Waals surface area contributed by atoms with Gasteiger partial charge in [0.1, 0.15) is 0 Å². The smallest absolute Gasteiger partial charge is 0.326 e. The fourth-order valence-electron chi connectivity index (χ4n) is 2.29. The van der Waals surface area contributed by atoms with E-state index in [-0.39, 0.29) is 11.6 Å². The van der Waals surface area contributed by atoms with Crippen molar-refractivity contribution in [1.82, 2.24) is 11.0 Å². The first kappa shape index (κ1) is 17.0. The van der Waals surface area contributed by atoms with Crippen LogP contribution in [0.1, 0.15) is 6.92 Å². The van der Waals surface area contributed by atoms with E-state index < -0.39 is 11.0 Å². The molecular weight excluding hydrogens is 342 g/mol. The van der Waals surface area contributed by atoms with Crippen LogP contribution in [0.4, 0.5) is 33.2 Å². The maximum absolute atomic E-state index is 12.3. The molecule has 3 rings (SSSR count). The summed E-state index contributed by atoms with van der Waals surface area (Å²) in [5.41, 5.74) is 12.5. The number of carbonyl (C=O) groups is 2. The lowest BCUT2D eigenvalue weighted by Gasteiger charge is -2.17. The Bertz CT molecular complexity index is 869. The molecular formula is C15H15N7O4. The molecule has 0 fully saturated rings. The number of rotatable bonds is 4. The van der Waals surface area contributed by atoms with Gasteiger partial charge in [0.25, 0.3) is 5.69 Å². The third-order valence-corrected chi connectivity index (χ3v) is 3.46. The minimum absolute atomic E-state index is 0.0855. The Morgan fingerprint density at radius 3 is 2.46 bits per heavy atom. The van der Waals surface area contributed by atoms with Crippen molar-refractivity contribution in [3.8, 4) is 0 Å². The minimum Gasteiger partial charge on any atom is -0.326 e. The number of benzene rings is 2. The number of urea groups is 1. The van der Waals surface area contributed by atoms with Crippen LogP contribution >= 0.6 is 0 Å². The van der Waals surface area contributed by atoms with E-state index in [0.29, 0.717) is 22.7 Å². The molecule has 0 saturated carbocycles. The Balaban J connectivity index is 1.61. The molecule has 3 amide bonds. The molecule has 2 aromatic rings. The van der Waals surface area contributed by atoms with Gasteiger partial charge in [-0.3, -0.25) is 20.3 Å². The van der Waals surface area contributed by atoms with Gasteiger partial charge in [0.05, 0.1) is 22.0 Å². The first-order valence-corrected chi connectivity index (χ1v) is 7.48. The van der Waals surface area contributed by atoms with Crippen LogP contribution in [0.25, 0.3) is 0 Å². The number of non-ortho nitro benzene ring substituents is 1. The number of hydrazine groups is 3. The molecule has 0 saturated heterocycles. The lowest BCUT2D eigenvalue weighted by atomic mass is 10.2. The fraction of sp³-hybridized carbons (Fsp3) is 0.0667. The van der Waals surface area contributed by atoms with Gasteiger partial charge in [-0.1, -0.05) is 0 Å². The highest BCUT2D eigenvalue weighted by Gasteiger charge is 2.26. The highest BCUT2D eigenvalue weighted by molar-refractivity contribution is 5.97. The van der Waals surface area contributed by atoms with Crippen LogP contribution in [0.3, 0.4) is 0 Å². The SMILES string of the molecule is CC(=O)Nc1ccc(NNC(=O)N2NNc3cc([N+](=O)[O-])ccc32)cc1. The van der Waals surface area contributed by atoms with Crippen molar-refractivity contribution >= 4 is 40.4 Å². The molecule has 26 heavy (non-hydrogen) atoms. The van der Waals surface area contributed by atoms with Gasteiger partial charge in [-0.2, -0.15) is 0 Å². The Kier molecular flexibility index (Phi) is 4.53. The van der Waals surface area contributed by atoms with Gasteiger partial charge in [0.2, 0.25) is 5.91 Å². The van der Waals surface area contributed by atoms with Gasteiger partial charge in [-0.15, -0.1) is 5.53 Å². The number of hydrogen-bond acceptors (Lipinski definition) is 7. The van der Waals surface area contributed by atoms with Gasteiger partial charge in [0, 0.05) is 24.7 Å². The molecule has 1 aliphatic heterocycles. The molecule has 0 aliphatic carbocycles. The molecule has 0 radical (unpaired) electrons. The molecule has 134 valence electrons. The van der Waals surface area contributed by atoms with Gasteiger partial charge in [-0.25, -0.2) is 15.2 Å². The standard InChI is InChI=1S/C15H15N7O4/c1-9(23)16-10-2-4-11(5-3-10)17-19-15(24)21-14-7-6-12(22(25)26)8-13(14)18-20-21/h2-8,17-18,20H,1H3,(H,16,23)(H,19,24). The molecule has 0 aromatic heterocycles. The summed E-state index contributed by atoms with van der Waals surface area (Å²) in [5, 5.41) is 14.6. The van der Waals surface area contributed by atoms with Crippen LogP contribution in [0, 0.1) is 10.1 Å². The van der Waals surface area contributed by atoms with Crippen molar-refractivity contribution in [3.05, 3.63) is 52.6 Å². The first-order valence-electron chi connectivity index (χ1n) is 7.48. The van der Waals surface area contributed by atoms with E-state index in [1.54, 1.807) is 24.3 Å². The normalized spacial score (nSPS) is 12.0. The van der Waals surface area contributed by atoms with E-state index in [4.69, 9.17) is 0 Å². The fourth-order valence-corrected chi connectivity index (χ4v) is 2.29. The highest BCUT2D eigenvalue weighted by Crippen LogP contribution is 2.32. The summed E-state index contributed by atoms with van der Waals surface area (Å²) in [6.45, 7) is 1.41. The van der Waals surface area contributed by atoms with Crippen LogP contribution < -0.4 is 32.1 Å². The average molecular weight is 357 g/mol. The van der Waals surface area contributed by atoms with Gasteiger partial charge >= 0.3 is 6.03 Å². The zero-order chi connectivity index (χ0) is 18.7. The first-order chi connectivity index (χ1) is 12.4. The maximum Gasteiger partial charge on any atom is 0.356 e.